The maximum atomic E-state index is 12.2. The first-order chi connectivity index (χ1) is 9.15. The number of nitrogens with one attached hydrogen (secondary N) is 1. The van der Waals surface area contributed by atoms with Gasteiger partial charge in [0.15, 0.2) is 0 Å². The van der Waals surface area contributed by atoms with Gasteiger partial charge in [0, 0.05) is 16.5 Å². The van der Waals surface area contributed by atoms with E-state index < -0.39 is 5.76 Å². The zero-order valence-corrected chi connectivity index (χ0v) is 11.1. The molecule has 2 rings (SSSR count). The van der Waals surface area contributed by atoms with Crippen LogP contribution in [-0.2, 0) is 4.79 Å². The van der Waals surface area contributed by atoms with E-state index in [1.54, 1.807) is 24.3 Å². The third-order valence-electron chi connectivity index (χ3n) is 2.99. The molecular weight excluding hydrogens is 268 g/mol. The SMILES string of the molecule is O=C(Nc1ccc(SC(F)F)cc1)C1CC=CCC1. The van der Waals surface area contributed by atoms with E-state index in [1.165, 1.54) is 0 Å². The van der Waals surface area contributed by atoms with E-state index in [0.29, 0.717) is 22.3 Å². The Morgan fingerprint density at radius 3 is 2.58 bits per heavy atom. The molecule has 0 saturated heterocycles. The molecule has 1 amide bonds. The Kier molecular flexibility index (Phi) is 4.96. The molecule has 5 heteroatoms. The summed E-state index contributed by atoms with van der Waals surface area (Å²) in [4.78, 5) is 12.5. The number of anilines is 1. The number of allylic oxidation sites excluding steroid dienone is 2. The Morgan fingerprint density at radius 2 is 2.00 bits per heavy atom. The molecule has 2 nitrogen and oxygen atoms in total. The first kappa shape index (κ1) is 14.1. The molecule has 0 aliphatic heterocycles. The summed E-state index contributed by atoms with van der Waals surface area (Å²) in [6, 6.07) is 6.49. The average molecular weight is 283 g/mol. The van der Waals surface area contributed by atoms with E-state index >= 15 is 0 Å². The summed E-state index contributed by atoms with van der Waals surface area (Å²) >= 11 is 0.499. The molecule has 1 aliphatic rings. The van der Waals surface area contributed by atoms with Gasteiger partial charge in [-0.25, -0.2) is 0 Å². The lowest BCUT2D eigenvalue weighted by molar-refractivity contribution is -0.120. The van der Waals surface area contributed by atoms with E-state index in [1.807, 2.05) is 6.08 Å². The number of hydrogen-bond acceptors (Lipinski definition) is 2. The van der Waals surface area contributed by atoms with Crippen LogP contribution in [0.15, 0.2) is 41.3 Å². The minimum Gasteiger partial charge on any atom is -0.326 e. The molecule has 1 unspecified atom stereocenters. The van der Waals surface area contributed by atoms with Gasteiger partial charge in [-0.05, 0) is 43.5 Å². The van der Waals surface area contributed by atoms with Crippen LogP contribution in [0.5, 0.6) is 0 Å². The summed E-state index contributed by atoms with van der Waals surface area (Å²) in [6.45, 7) is 0. The lowest BCUT2D eigenvalue weighted by Crippen LogP contribution is -2.23. The van der Waals surface area contributed by atoms with E-state index in [-0.39, 0.29) is 11.8 Å². The summed E-state index contributed by atoms with van der Waals surface area (Å²) < 4.78 is 24.3. The van der Waals surface area contributed by atoms with Gasteiger partial charge in [0.2, 0.25) is 5.91 Å². The molecule has 1 aromatic carbocycles. The fraction of sp³-hybridized carbons (Fsp3) is 0.357. The topological polar surface area (TPSA) is 29.1 Å². The number of halogens is 2. The molecule has 0 aromatic heterocycles. The molecule has 0 radical (unpaired) electrons. The smallest absolute Gasteiger partial charge is 0.288 e. The van der Waals surface area contributed by atoms with E-state index in [9.17, 15) is 13.6 Å². The van der Waals surface area contributed by atoms with Crippen molar-refractivity contribution in [3.8, 4) is 0 Å². The van der Waals surface area contributed by atoms with Gasteiger partial charge in [0.05, 0.1) is 0 Å². The van der Waals surface area contributed by atoms with Crippen molar-refractivity contribution in [3.63, 3.8) is 0 Å². The number of benzene rings is 1. The summed E-state index contributed by atoms with van der Waals surface area (Å²) in [5, 5.41) is 2.82. The number of thioether (sulfide) groups is 1. The first-order valence-corrected chi connectivity index (χ1v) is 7.04. The average Bonchev–Trinajstić information content (AvgIpc) is 2.41. The van der Waals surface area contributed by atoms with Crippen LogP contribution < -0.4 is 5.32 Å². The largest absolute Gasteiger partial charge is 0.326 e. The molecule has 1 atom stereocenters. The zero-order chi connectivity index (χ0) is 13.7. The minimum absolute atomic E-state index is 0.00128. The predicted octanol–water partition coefficient (Wildman–Crippen LogP) is 4.30. The second kappa shape index (κ2) is 6.70. The molecule has 1 aliphatic carbocycles. The second-order valence-electron chi connectivity index (χ2n) is 4.37. The van der Waals surface area contributed by atoms with Crippen LogP contribution >= 0.6 is 11.8 Å². The van der Waals surface area contributed by atoms with E-state index in [4.69, 9.17) is 0 Å². The van der Waals surface area contributed by atoms with Gasteiger partial charge in [-0.2, -0.15) is 8.78 Å². The molecular formula is C14H15F2NOS. The van der Waals surface area contributed by atoms with Crippen molar-refractivity contribution in [2.45, 2.75) is 29.9 Å². The first-order valence-electron chi connectivity index (χ1n) is 6.16. The number of alkyl halides is 2. The number of amides is 1. The predicted molar refractivity (Wildman–Crippen MR) is 73.4 cm³/mol. The van der Waals surface area contributed by atoms with Crippen molar-refractivity contribution in [2.24, 2.45) is 5.92 Å². The van der Waals surface area contributed by atoms with Crippen LogP contribution in [-0.4, -0.2) is 11.7 Å². The van der Waals surface area contributed by atoms with Gasteiger partial charge < -0.3 is 5.32 Å². The number of carbonyl (C=O) groups excluding carboxylic acids is 1. The molecule has 0 saturated carbocycles. The lowest BCUT2D eigenvalue weighted by atomic mass is 9.93. The highest BCUT2D eigenvalue weighted by Crippen LogP contribution is 2.26. The number of carbonyl (C=O) groups is 1. The molecule has 0 heterocycles. The van der Waals surface area contributed by atoms with Crippen molar-refractivity contribution in [1.82, 2.24) is 0 Å². The van der Waals surface area contributed by atoms with Gasteiger partial charge in [-0.15, -0.1) is 0 Å². The quantitative estimate of drug-likeness (QED) is 0.659. The van der Waals surface area contributed by atoms with E-state index in [2.05, 4.69) is 11.4 Å². The van der Waals surface area contributed by atoms with Crippen LogP contribution in [0.2, 0.25) is 0 Å². The van der Waals surface area contributed by atoms with Gasteiger partial charge in [-0.3, -0.25) is 4.79 Å². The van der Waals surface area contributed by atoms with Gasteiger partial charge in [0.1, 0.15) is 0 Å². The monoisotopic (exact) mass is 283 g/mol. The minimum atomic E-state index is -2.42. The summed E-state index contributed by atoms with van der Waals surface area (Å²) in [5.74, 6) is -2.41. The molecule has 102 valence electrons. The summed E-state index contributed by atoms with van der Waals surface area (Å²) in [7, 11) is 0. The van der Waals surface area contributed by atoms with Crippen molar-refractivity contribution in [2.75, 3.05) is 5.32 Å². The normalized spacial score (nSPS) is 18.6. The maximum absolute atomic E-state index is 12.2. The van der Waals surface area contributed by atoms with Crippen molar-refractivity contribution >= 4 is 23.4 Å². The summed E-state index contributed by atoms with van der Waals surface area (Å²) in [5.41, 5.74) is 0.651. The van der Waals surface area contributed by atoms with Crippen molar-refractivity contribution in [3.05, 3.63) is 36.4 Å². The Labute approximate surface area is 115 Å². The van der Waals surface area contributed by atoms with E-state index in [0.717, 1.165) is 19.3 Å². The molecule has 0 fully saturated rings. The third kappa shape index (κ3) is 4.35. The van der Waals surface area contributed by atoms with Gasteiger partial charge >= 0.3 is 0 Å². The van der Waals surface area contributed by atoms with Gasteiger partial charge in [-0.1, -0.05) is 23.9 Å². The van der Waals surface area contributed by atoms with Crippen LogP contribution in [0.4, 0.5) is 14.5 Å². The van der Waals surface area contributed by atoms with Crippen LogP contribution in [0, 0.1) is 5.92 Å². The lowest BCUT2D eigenvalue weighted by Gasteiger charge is -2.17. The maximum Gasteiger partial charge on any atom is 0.288 e. The standard InChI is InChI=1S/C14H15F2NOS/c15-14(16)19-12-8-6-11(7-9-12)17-13(18)10-4-2-1-3-5-10/h1-2,6-10,14H,3-5H2,(H,17,18). The fourth-order valence-electron chi connectivity index (χ4n) is 2.00. The fourth-order valence-corrected chi connectivity index (χ4v) is 2.49. The highest BCUT2D eigenvalue weighted by molar-refractivity contribution is 7.99. The van der Waals surface area contributed by atoms with Gasteiger partial charge in [0.25, 0.3) is 5.76 Å². The number of rotatable bonds is 4. The Morgan fingerprint density at radius 1 is 1.26 bits per heavy atom. The Hall–Kier alpha value is -1.36. The molecule has 0 spiro atoms. The number of hydrogen-bond donors (Lipinski definition) is 1. The zero-order valence-electron chi connectivity index (χ0n) is 10.3. The van der Waals surface area contributed by atoms with Crippen LogP contribution in [0.3, 0.4) is 0 Å². The van der Waals surface area contributed by atoms with Crippen LogP contribution in [0.1, 0.15) is 19.3 Å². The third-order valence-corrected chi connectivity index (χ3v) is 3.71. The molecule has 0 bridgehead atoms. The Bertz CT molecular complexity index is 459. The molecule has 1 N–H and O–H groups in total. The van der Waals surface area contributed by atoms with Crippen LogP contribution in [0.25, 0.3) is 0 Å². The highest BCUT2D eigenvalue weighted by Gasteiger charge is 2.18. The molecule has 19 heavy (non-hydrogen) atoms. The second-order valence-corrected chi connectivity index (χ2v) is 5.44. The summed E-state index contributed by atoms with van der Waals surface area (Å²) in [6.07, 6.45) is 6.67. The van der Waals surface area contributed by atoms with Crippen molar-refractivity contribution < 1.29 is 13.6 Å². The Balaban J connectivity index is 1.91. The highest BCUT2D eigenvalue weighted by atomic mass is 32.2. The van der Waals surface area contributed by atoms with Crippen molar-refractivity contribution in [1.29, 1.82) is 0 Å². The molecule has 1 aromatic rings.